The molecule has 0 spiro atoms. The molecule has 1 N–H and O–H groups in total. The van der Waals surface area contributed by atoms with E-state index in [1.807, 2.05) is 13.0 Å². The van der Waals surface area contributed by atoms with E-state index in [-0.39, 0.29) is 11.7 Å². The van der Waals surface area contributed by atoms with Crippen molar-refractivity contribution in [3.8, 4) is 5.75 Å². The van der Waals surface area contributed by atoms with Gasteiger partial charge < -0.3 is 14.5 Å². The fourth-order valence-corrected chi connectivity index (χ4v) is 4.04. The van der Waals surface area contributed by atoms with Gasteiger partial charge in [-0.2, -0.15) is 0 Å². The van der Waals surface area contributed by atoms with Gasteiger partial charge in [0.1, 0.15) is 17.1 Å². The van der Waals surface area contributed by atoms with Gasteiger partial charge in [-0.1, -0.05) is 12.1 Å². The van der Waals surface area contributed by atoms with Gasteiger partial charge in [-0.25, -0.2) is 0 Å². The molecular formula is C25H25NO4. The van der Waals surface area contributed by atoms with Crippen LogP contribution in [0.5, 0.6) is 5.75 Å². The number of methoxy groups -OCH3 is 1. The summed E-state index contributed by atoms with van der Waals surface area (Å²) in [4.78, 5) is 24.1. The first kappa shape index (κ1) is 20.0. The molecule has 1 aromatic heterocycles. The minimum Gasteiger partial charge on any atom is -0.496 e. The molecule has 154 valence electrons. The molecular weight excluding hydrogens is 378 g/mol. The number of Topliss-reactive ketones (excluding diaryl/α,β-unsaturated/α-hetero) is 1. The lowest BCUT2D eigenvalue weighted by Crippen LogP contribution is -2.09. The molecule has 1 aliphatic carbocycles. The molecule has 2 aromatic carbocycles. The van der Waals surface area contributed by atoms with Gasteiger partial charge in [0.25, 0.3) is 0 Å². The number of hydrogen-bond donors (Lipinski definition) is 1. The van der Waals surface area contributed by atoms with E-state index in [9.17, 15) is 9.59 Å². The number of anilines is 1. The lowest BCUT2D eigenvalue weighted by Gasteiger charge is -2.11. The molecule has 1 amide bonds. The van der Waals surface area contributed by atoms with Crippen LogP contribution in [0.3, 0.4) is 0 Å². The molecule has 0 unspecified atom stereocenters. The molecule has 0 bridgehead atoms. The number of hydrogen-bond acceptors (Lipinski definition) is 4. The normalized spacial score (nSPS) is 13.8. The lowest BCUT2D eigenvalue weighted by molar-refractivity contribution is -0.111. The van der Waals surface area contributed by atoms with Crippen LogP contribution in [0.4, 0.5) is 5.69 Å². The minimum atomic E-state index is -0.260. The van der Waals surface area contributed by atoms with Crippen molar-refractivity contribution in [1.82, 2.24) is 0 Å². The van der Waals surface area contributed by atoms with Gasteiger partial charge in [-0.15, -0.1) is 0 Å². The van der Waals surface area contributed by atoms with Crippen molar-refractivity contribution in [2.75, 3.05) is 12.4 Å². The summed E-state index contributed by atoms with van der Waals surface area (Å²) < 4.78 is 11.6. The minimum absolute atomic E-state index is 0.0423. The van der Waals surface area contributed by atoms with Crippen molar-refractivity contribution in [2.24, 2.45) is 0 Å². The summed E-state index contributed by atoms with van der Waals surface area (Å²) in [7, 11) is 1.62. The number of nitrogens with one attached hydrogen (secondary N) is 1. The van der Waals surface area contributed by atoms with E-state index >= 15 is 0 Å². The van der Waals surface area contributed by atoms with Crippen molar-refractivity contribution >= 4 is 33.9 Å². The Morgan fingerprint density at radius 3 is 2.67 bits per heavy atom. The predicted molar refractivity (Wildman–Crippen MR) is 118 cm³/mol. The molecule has 1 aliphatic rings. The SMILES string of the molecule is COc1cc2oc3c(c2cc1/C(C)=C/C(=O)Nc1cccc(C(C)=O)c1)CCCC3. The van der Waals surface area contributed by atoms with Gasteiger partial charge in [-0.3, -0.25) is 9.59 Å². The summed E-state index contributed by atoms with van der Waals surface area (Å²) >= 11 is 0. The lowest BCUT2D eigenvalue weighted by atomic mass is 9.94. The van der Waals surface area contributed by atoms with Crippen LogP contribution < -0.4 is 10.1 Å². The maximum Gasteiger partial charge on any atom is 0.248 e. The highest BCUT2D eigenvalue weighted by Gasteiger charge is 2.20. The van der Waals surface area contributed by atoms with Crippen LogP contribution in [0, 0.1) is 0 Å². The largest absolute Gasteiger partial charge is 0.496 e. The highest BCUT2D eigenvalue weighted by molar-refractivity contribution is 6.05. The van der Waals surface area contributed by atoms with Gasteiger partial charge in [-0.05, 0) is 56.9 Å². The summed E-state index contributed by atoms with van der Waals surface area (Å²) in [6.07, 6.45) is 5.86. The zero-order chi connectivity index (χ0) is 21.3. The number of benzene rings is 2. The van der Waals surface area contributed by atoms with Crippen molar-refractivity contribution < 1.29 is 18.7 Å². The van der Waals surface area contributed by atoms with Crippen molar-refractivity contribution in [3.05, 3.63) is 64.9 Å². The standard InChI is InChI=1S/C25H25NO4/c1-15(11-25(28)26-18-8-6-7-17(12-18)16(2)27)20-13-21-19-9-4-5-10-22(19)30-24(21)14-23(20)29-3/h6-8,11-14H,4-5,9-10H2,1-3H3,(H,26,28)/b15-11+. The monoisotopic (exact) mass is 403 g/mol. The first-order valence-electron chi connectivity index (χ1n) is 10.2. The van der Waals surface area contributed by atoms with E-state index in [2.05, 4.69) is 11.4 Å². The molecule has 3 aromatic rings. The number of amides is 1. The van der Waals surface area contributed by atoms with Gasteiger partial charge in [0.15, 0.2) is 5.78 Å². The average molecular weight is 403 g/mol. The third-order valence-corrected chi connectivity index (χ3v) is 5.59. The number of carbonyl (C=O) groups is 2. The number of aryl methyl sites for hydroxylation is 2. The smallest absolute Gasteiger partial charge is 0.248 e. The molecule has 0 saturated heterocycles. The van der Waals surface area contributed by atoms with Crippen molar-refractivity contribution in [1.29, 1.82) is 0 Å². The fraction of sp³-hybridized carbons (Fsp3) is 0.280. The van der Waals surface area contributed by atoms with Crippen molar-refractivity contribution in [2.45, 2.75) is 39.5 Å². The van der Waals surface area contributed by atoms with E-state index in [0.29, 0.717) is 17.0 Å². The van der Waals surface area contributed by atoms with Gasteiger partial charge >= 0.3 is 0 Å². The predicted octanol–water partition coefficient (Wildman–Crippen LogP) is 5.56. The Bertz CT molecular complexity index is 1170. The quantitative estimate of drug-likeness (QED) is 0.447. The van der Waals surface area contributed by atoms with E-state index in [1.165, 1.54) is 18.9 Å². The number of allylic oxidation sites excluding steroid dienone is 1. The van der Waals surface area contributed by atoms with Crippen molar-refractivity contribution in [3.63, 3.8) is 0 Å². The third-order valence-electron chi connectivity index (χ3n) is 5.59. The second kappa shape index (κ2) is 8.19. The highest BCUT2D eigenvalue weighted by atomic mass is 16.5. The summed E-state index contributed by atoms with van der Waals surface area (Å²) in [5.41, 5.74) is 4.92. The molecule has 0 aliphatic heterocycles. The van der Waals surface area contributed by atoms with Crippen LogP contribution in [0.1, 0.15) is 53.9 Å². The number of fused-ring (bicyclic) bond motifs is 3. The molecule has 0 fully saturated rings. The topological polar surface area (TPSA) is 68.5 Å². The molecule has 5 heteroatoms. The Balaban J connectivity index is 1.65. The summed E-state index contributed by atoms with van der Waals surface area (Å²) in [6.45, 7) is 3.39. The average Bonchev–Trinajstić information content (AvgIpc) is 3.10. The Labute approximate surface area is 175 Å². The zero-order valence-electron chi connectivity index (χ0n) is 17.5. The number of ether oxygens (including phenoxy) is 1. The summed E-state index contributed by atoms with van der Waals surface area (Å²) in [6, 6.07) is 10.9. The molecule has 4 rings (SSSR count). The number of ketones is 1. The van der Waals surface area contributed by atoms with Crippen LogP contribution in [0.25, 0.3) is 16.5 Å². The van der Waals surface area contributed by atoms with Gasteiger partial charge in [0.2, 0.25) is 5.91 Å². The molecule has 0 radical (unpaired) electrons. The molecule has 0 atom stereocenters. The number of furan rings is 1. The first-order valence-corrected chi connectivity index (χ1v) is 10.2. The molecule has 30 heavy (non-hydrogen) atoms. The fourth-order valence-electron chi connectivity index (χ4n) is 4.04. The maximum atomic E-state index is 12.6. The van der Waals surface area contributed by atoms with Crippen LogP contribution in [-0.2, 0) is 17.6 Å². The summed E-state index contributed by atoms with van der Waals surface area (Å²) in [5.74, 6) is 1.44. The van der Waals surface area contributed by atoms with E-state index < -0.39 is 0 Å². The summed E-state index contributed by atoms with van der Waals surface area (Å²) in [5, 5.41) is 3.93. The molecule has 5 nitrogen and oxygen atoms in total. The Morgan fingerprint density at radius 2 is 1.90 bits per heavy atom. The van der Waals surface area contributed by atoms with Crippen LogP contribution in [0.2, 0.25) is 0 Å². The molecule has 0 saturated carbocycles. The Hall–Kier alpha value is -3.34. The van der Waals surface area contributed by atoms with E-state index in [0.717, 1.165) is 47.1 Å². The Morgan fingerprint density at radius 1 is 1.10 bits per heavy atom. The highest BCUT2D eigenvalue weighted by Crippen LogP contribution is 2.37. The maximum absolute atomic E-state index is 12.6. The number of rotatable bonds is 5. The third kappa shape index (κ3) is 3.88. The second-order valence-corrected chi connectivity index (χ2v) is 7.71. The second-order valence-electron chi connectivity index (χ2n) is 7.71. The Kier molecular flexibility index (Phi) is 5.44. The van der Waals surface area contributed by atoms with Crippen LogP contribution >= 0.6 is 0 Å². The van der Waals surface area contributed by atoms with E-state index in [4.69, 9.17) is 9.15 Å². The van der Waals surface area contributed by atoms with Gasteiger partial charge in [0, 0.05) is 46.3 Å². The van der Waals surface area contributed by atoms with Crippen LogP contribution in [0.15, 0.2) is 46.9 Å². The zero-order valence-corrected chi connectivity index (χ0v) is 17.5. The first-order chi connectivity index (χ1) is 14.5. The molecule has 1 heterocycles. The van der Waals surface area contributed by atoms with Gasteiger partial charge in [0.05, 0.1) is 7.11 Å². The van der Waals surface area contributed by atoms with Crippen LogP contribution in [-0.4, -0.2) is 18.8 Å². The van der Waals surface area contributed by atoms with E-state index in [1.54, 1.807) is 37.5 Å². The number of carbonyl (C=O) groups excluding carboxylic acids is 2.